The monoisotopic (exact) mass is 185 g/mol. The Morgan fingerprint density at radius 3 is 2.46 bits per heavy atom. The van der Waals surface area contributed by atoms with Crippen molar-refractivity contribution in [2.75, 3.05) is 0 Å². The molecule has 1 rings (SSSR count). The van der Waals surface area contributed by atoms with Gasteiger partial charge in [-0.1, -0.05) is 20.8 Å². The lowest BCUT2D eigenvalue weighted by Gasteiger charge is -2.34. The zero-order valence-corrected chi connectivity index (χ0v) is 8.24. The molecule has 1 saturated carbocycles. The number of carbonyl (C=O) groups excluding carboxylic acids is 1. The van der Waals surface area contributed by atoms with Gasteiger partial charge in [-0.05, 0) is 12.3 Å². The largest absolute Gasteiger partial charge is 0.292 e. The number of nitrogens with zero attached hydrogens (tertiary/aromatic N) is 1. The molecule has 4 nitrogen and oxygen atoms in total. The molecule has 4 heteroatoms. The number of Topliss-reactive ketones (excluding diaryl/α,β-unsaturated/α-hetero) is 1. The van der Waals surface area contributed by atoms with E-state index in [4.69, 9.17) is 0 Å². The molecule has 13 heavy (non-hydrogen) atoms. The van der Waals surface area contributed by atoms with Gasteiger partial charge in [0.1, 0.15) is 0 Å². The van der Waals surface area contributed by atoms with Crippen LogP contribution in [0.1, 0.15) is 33.6 Å². The molecule has 0 saturated heterocycles. The van der Waals surface area contributed by atoms with Gasteiger partial charge in [0.2, 0.25) is 5.78 Å². The van der Waals surface area contributed by atoms with E-state index in [0.29, 0.717) is 6.42 Å². The summed E-state index contributed by atoms with van der Waals surface area (Å²) in [4.78, 5) is 21.7. The fraction of sp³-hybridized carbons (Fsp3) is 0.889. The Labute approximate surface area is 77.5 Å². The summed E-state index contributed by atoms with van der Waals surface area (Å²) in [5, 5.41) is 10.7. The van der Waals surface area contributed by atoms with E-state index in [1.54, 1.807) is 13.8 Å². The molecule has 0 aromatic rings. The van der Waals surface area contributed by atoms with Crippen LogP contribution in [-0.4, -0.2) is 16.7 Å². The molecule has 0 aliphatic heterocycles. The highest BCUT2D eigenvalue weighted by molar-refractivity contribution is 5.84. The highest BCUT2D eigenvalue weighted by atomic mass is 16.6. The Bertz CT molecular complexity index is 247. The minimum Gasteiger partial charge on any atom is -0.292 e. The topological polar surface area (TPSA) is 60.2 Å². The van der Waals surface area contributed by atoms with Crippen molar-refractivity contribution in [3.63, 3.8) is 0 Å². The van der Waals surface area contributed by atoms with Crippen LogP contribution in [0.15, 0.2) is 0 Å². The van der Waals surface area contributed by atoms with Crippen LogP contribution in [0.4, 0.5) is 0 Å². The Hall–Kier alpha value is -0.930. The molecule has 74 valence electrons. The van der Waals surface area contributed by atoms with Crippen LogP contribution in [0, 0.1) is 21.4 Å². The average Bonchev–Trinajstić information content (AvgIpc) is 1.78. The second-order valence-corrected chi connectivity index (χ2v) is 4.66. The Morgan fingerprint density at radius 1 is 1.54 bits per heavy atom. The van der Waals surface area contributed by atoms with Gasteiger partial charge in [0.15, 0.2) is 0 Å². The summed E-state index contributed by atoms with van der Waals surface area (Å²) >= 11 is 0. The highest BCUT2D eigenvalue weighted by Gasteiger charge is 2.49. The van der Waals surface area contributed by atoms with Gasteiger partial charge in [0, 0.05) is 16.8 Å². The number of carbonyl (C=O) groups is 1. The van der Waals surface area contributed by atoms with Gasteiger partial charge in [-0.15, -0.1) is 0 Å². The maximum absolute atomic E-state index is 11.4. The Kier molecular flexibility index (Phi) is 2.41. The zero-order valence-electron chi connectivity index (χ0n) is 8.24. The molecule has 0 aromatic carbocycles. The van der Waals surface area contributed by atoms with E-state index in [9.17, 15) is 14.9 Å². The first-order valence-corrected chi connectivity index (χ1v) is 4.51. The molecule has 2 atom stereocenters. The summed E-state index contributed by atoms with van der Waals surface area (Å²) in [5.74, 6) is 0.0625. The van der Waals surface area contributed by atoms with Crippen LogP contribution in [0.3, 0.4) is 0 Å². The van der Waals surface area contributed by atoms with Crippen molar-refractivity contribution in [2.45, 2.75) is 39.7 Å². The van der Waals surface area contributed by atoms with Gasteiger partial charge >= 0.3 is 0 Å². The second-order valence-electron chi connectivity index (χ2n) is 4.66. The van der Waals surface area contributed by atoms with Crippen molar-refractivity contribution in [3.05, 3.63) is 10.1 Å². The van der Waals surface area contributed by atoms with Crippen LogP contribution in [0.2, 0.25) is 0 Å². The smallest absolute Gasteiger partial charge is 0.275 e. The van der Waals surface area contributed by atoms with E-state index in [1.165, 1.54) is 0 Å². The number of nitro groups is 1. The fourth-order valence-electron chi connectivity index (χ4n) is 2.38. The van der Waals surface area contributed by atoms with Gasteiger partial charge in [-0.2, -0.15) is 0 Å². The van der Waals surface area contributed by atoms with Gasteiger partial charge in [0.05, 0.1) is 0 Å². The number of rotatable bonds is 1. The lowest BCUT2D eigenvalue weighted by atomic mass is 9.69. The third kappa shape index (κ3) is 1.87. The van der Waals surface area contributed by atoms with Gasteiger partial charge in [-0.25, -0.2) is 0 Å². The van der Waals surface area contributed by atoms with Crippen LogP contribution in [0.5, 0.6) is 0 Å². The van der Waals surface area contributed by atoms with Crippen molar-refractivity contribution in [2.24, 2.45) is 11.3 Å². The Morgan fingerprint density at radius 2 is 2.08 bits per heavy atom. The number of hydrogen-bond acceptors (Lipinski definition) is 3. The summed E-state index contributed by atoms with van der Waals surface area (Å²) in [6, 6.07) is -0.997. The first-order chi connectivity index (χ1) is 5.84. The molecule has 0 bridgehead atoms. The summed E-state index contributed by atoms with van der Waals surface area (Å²) in [7, 11) is 0. The number of ketones is 1. The third-order valence-electron chi connectivity index (χ3n) is 2.68. The third-order valence-corrected chi connectivity index (χ3v) is 2.68. The van der Waals surface area contributed by atoms with Crippen LogP contribution in [-0.2, 0) is 4.79 Å². The van der Waals surface area contributed by atoms with Crippen LogP contribution >= 0.6 is 0 Å². The lowest BCUT2D eigenvalue weighted by molar-refractivity contribution is -0.527. The van der Waals surface area contributed by atoms with E-state index < -0.39 is 16.4 Å². The van der Waals surface area contributed by atoms with Crippen molar-refractivity contribution in [1.29, 1.82) is 0 Å². The van der Waals surface area contributed by atoms with Crippen molar-refractivity contribution < 1.29 is 9.72 Å². The molecule has 0 aromatic heterocycles. The first kappa shape index (κ1) is 10.2. The second kappa shape index (κ2) is 3.09. The van der Waals surface area contributed by atoms with E-state index >= 15 is 0 Å². The summed E-state index contributed by atoms with van der Waals surface area (Å²) in [6.45, 7) is 5.57. The molecule has 0 radical (unpaired) electrons. The molecular weight excluding hydrogens is 170 g/mol. The van der Waals surface area contributed by atoms with Crippen molar-refractivity contribution in [3.8, 4) is 0 Å². The quantitative estimate of drug-likeness (QED) is 0.461. The Balaban J connectivity index is 2.92. The van der Waals surface area contributed by atoms with E-state index in [2.05, 4.69) is 0 Å². The molecule has 1 aliphatic rings. The normalized spacial score (nSPS) is 33.0. The standard InChI is InChI=1S/C9H15NO3/c1-6-4-7(11)8(10(12)13)9(2,3)5-6/h6,8H,4-5H2,1-3H3/t6-,8-/m1/s1. The van der Waals surface area contributed by atoms with Gasteiger partial charge < -0.3 is 0 Å². The van der Waals surface area contributed by atoms with Crippen molar-refractivity contribution >= 4 is 5.78 Å². The summed E-state index contributed by atoms with van der Waals surface area (Å²) < 4.78 is 0. The van der Waals surface area contributed by atoms with E-state index in [-0.39, 0.29) is 11.7 Å². The maximum atomic E-state index is 11.4. The number of hydrogen-bond donors (Lipinski definition) is 0. The van der Waals surface area contributed by atoms with Crippen LogP contribution in [0.25, 0.3) is 0 Å². The summed E-state index contributed by atoms with van der Waals surface area (Å²) in [5.41, 5.74) is -0.488. The molecule has 1 aliphatic carbocycles. The van der Waals surface area contributed by atoms with E-state index in [1.807, 2.05) is 6.92 Å². The minimum absolute atomic E-state index is 0.214. The SMILES string of the molecule is C[C@@H]1CC(=O)[C@@H]([N+](=O)[O-])C(C)(C)C1. The molecule has 0 amide bonds. The zero-order chi connectivity index (χ0) is 10.2. The molecule has 0 unspecified atom stereocenters. The maximum Gasteiger partial charge on any atom is 0.275 e. The molecular formula is C9H15NO3. The average molecular weight is 185 g/mol. The lowest BCUT2D eigenvalue weighted by Crippen LogP contribution is -2.47. The molecule has 0 spiro atoms. The van der Waals surface area contributed by atoms with Gasteiger partial charge in [0.25, 0.3) is 6.04 Å². The summed E-state index contributed by atoms with van der Waals surface area (Å²) in [6.07, 6.45) is 1.11. The fourth-order valence-corrected chi connectivity index (χ4v) is 2.38. The molecule has 1 fully saturated rings. The minimum atomic E-state index is -0.997. The highest BCUT2D eigenvalue weighted by Crippen LogP contribution is 2.38. The predicted octanol–water partition coefficient (Wildman–Crippen LogP) is 1.66. The molecule has 0 N–H and O–H groups in total. The molecule has 0 heterocycles. The van der Waals surface area contributed by atoms with Gasteiger partial charge in [-0.3, -0.25) is 14.9 Å². The first-order valence-electron chi connectivity index (χ1n) is 4.51. The van der Waals surface area contributed by atoms with Crippen molar-refractivity contribution in [1.82, 2.24) is 0 Å². The van der Waals surface area contributed by atoms with E-state index in [0.717, 1.165) is 6.42 Å². The van der Waals surface area contributed by atoms with Crippen LogP contribution < -0.4 is 0 Å². The predicted molar refractivity (Wildman–Crippen MR) is 48.0 cm³/mol.